The van der Waals surface area contributed by atoms with Gasteiger partial charge in [0.1, 0.15) is 6.10 Å². The molecular weight excluding hydrogens is 356 g/mol. The van der Waals surface area contributed by atoms with Crippen LogP contribution in [0.15, 0.2) is 12.2 Å². The lowest BCUT2D eigenvalue weighted by Crippen LogP contribution is -2.34. The Labute approximate surface area is 169 Å². The van der Waals surface area contributed by atoms with Gasteiger partial charge in [0.05, 0.1) is 6.10 Å². The molecule has 4 fully saturated rings. The molecule has 0 aromatic rings. The van der Waals surface area contributed by atoms with Gasteiger partial charge in [-0.1, -0.05) is 6.58 Å². The molecule has 0 aromatic carbocycles. The lowest BCUT2D eigenvalue weighted by molar-refractivity contribution is -0.282. The van der Waals surface area contributed by atoms with Crippen LogP contribution in [-0.2, 0) is 19.0 Å². The smallest absolute Gasteiger partial charge is 0.333 e. The molecule has 0 aliphatic heterocycles. The lowest BCUT2D eigenvalue weighted by atomic mass is 9.98. The Hall–Kier alpha value is -0.910. The summed E-state index contributed by atoms with van der Waals surface area (Å²) in [5.74, 6) is 1.78. The minimum absolute atomic E-state index is 0.197. The lowest BCUT2D eigenvalue weighted by Gasteiger charge is -2.29. The van der Waals surface area contributed by atoms with Gasteiger partial charge in [-0.2, -0.15) is 0 Å². The second kappa shape index (κ2) is 8.85. The molecule has 0 radical (unpaired) electrons. The van der Waals surface area contributed by atoms with E-state index in [1.807, 2.05) is 6.92 Å². The van der Waals surface area contributed by atoms with Crippen molar-refractivity contribution in [2.45, 2.75) is 103 Å². The molecule has 0 saturated heterocycles. The van der Waals surface area contributed by atoms with Crippen molar-refractivity contribution in [2.24, 2.45) is 23.7 Å². The van der Waals surface area contributed by atoms with Gasteiger partial charge in [0.25, 0.3) is 0 Å². The van der Waals surface area contributed by atoms with Gasteiger partial charge in [-0.15, -0.1) is 0 Å². The van der Waals surface area contributed by atoms with Crippen LogP contribution in [0.5, 0.6) is 0 Å². The Kier molecular flexibility index (Phi) is 6.88. The van der Waals surface area contributed by atoms with E-state index in [1.165, 1.54) is 44.9 Å². The second-order valence-electron chi connectivity index (χ2n) is 9.88. The standard InChI is InChI=1S/C12H22O3.C11H16O2/c1-8(15-12(2,3)13)14-11-7-9-4-5-10(11)6-9;1-7(2)11(12)13-10-6-8-3-4-9(10)5-8/h8-11,13H,4-7H2,1-3H3;8-10H,1,3-6H2,2H3. The van der Waals surface area contributed by atoms with Crippen LogP contribution in [0.4, 0.5) is 0 Å². The van der Waals surface area contributed by atoms with Crippen molar-refractivity contribution in [3.8, 4) is 0 Å². The average molecular weight is 395 g/mol. The zero-order valence-electron chi connectivity index (χ0n) is 18.0. The Morgan fingerprint density at radius 2 is 1.54 bits per heavy atom. The van der Waals surface area contributed by atoms with E-state index >= 15 is 0 Å². The molecule has 0 aromatic heterocycles. The average Bonchev–Trinajstić information content (AvgIpc) is 3.34. The Morgan fingerprint density at radius 3 is 1.93 bits per heavy atom. The van der Waals surface area contributed by atoms with Crippen molar-refractivity contribution in [2.75, 3.05) is 0 Å². The van der Waals surface area contributed by atoms with E-state index < -0.39 is 5.79 Å². The van der Waals surface area contributed by atoms with Gasteiger partial charge in [-0.25, -0.2) is 4.79 Å². The number of hydrogen-bond donors (Lipinski definition) is 1. The third-order valence-corrected chi connectivity index (χ3v) is 6.77. The fourth-order valence-electron chi connectivity index (χ4n) is 5.60. The first-order valence-electron chi connectivity index (χ1n) is 11.0. The monoisotopic (exact) mass is 394 g/mol. The van der Waals surface area contributed by atoms with Crippen LogP contribution in [0.25, 0.3) is 0 Å². The third kappa shape index (κ3) is 5.80. The first-order valence-corrected chi connectivity index (χ1v) is 11.0. The van der Waals surface area contributed by atoms with Crippen molar-refractivity contribution >= 4 is 5.97 Å². The van der Waals surface area contributed by atoms with Crippen LogP contribution in [0, 0.1) is 23.7 Å². The first kappa shape index (κ1) is 21.8. The van der Waals surface area contributed by atoms with Crippen molar-refractivity contribution in [3.05, 3.63) is 12.2 Å². The number of esters is 1. The molecular formula is C23H38O5. The Bertz CT molecular complexity index is 566. The van der Waals surface area contributed by atoms with Gasteiger partial charge >= 0.3 is 5.97 Å². The molecule has 4 aliphatic rings. The van der Waals surface area contributed by atoms with Crippen LogP contribution < -0.4 is 0 Å². The summed E-state index contributed by atoms with van der Waals surface area (Å²) in [6.45, 7) is 10.4. The van der Waals surface area contributed by atoms with Gasteiger partial charge in [0, 0.05) is 5.57 Å². The molecule has 4 rings (SSSR count). The van der Waals surface area contributed by atoms with E-state index in [1.54, 1.807) is 20.8 Å². The maximum atomic E-state index is 11.3. The molecule has 7 unspecified atom stereocenters. The fraction of sp³-hybridized carbons (Fsp3) is 0.870. The predicted octanol–water partition coefficient (Wildman–Crippen LogP) is 4.58. The molecule has 5 heteroatoms. The third-order valence-electron chi connectivity index (χ3n) is 6.77. The molecule has 0 spiro atoms. The highest BCUT2D eigenvalue weighted by Crippen LogP contribution is 2.47. The number of aliphatic hydroxyl groups is 1. The maximum absolute atomic E-state index is 11.3. The quantitative estimate of drug-likeness (QED) is 0.406. The fourth-order valence-corrected chi connectivity index (χ4v) is 5.60. The minimum atomic E-state index is -1.10. The highest BCUT2D eigenvalue weighted by atomic mass is 16.7. The maximum Gasteiger partial charge on any atom is 0.333 e. The van der Waals surface area contributed by atoms with Gasteiger partial charge in [-0.3, -0.25) is 0 Å². The van der Waals surface area contributed by atoms with E-state index in [2.05, 4.69) is 6.58 Å². The van der Waals surface area contributed by atoms with Crippen LogP contribution in [0.1, 0.15) is 79.1 Å². The molecule has 4 saturated carbocycles. The van der Waals surface area contributed by atoms with E-state index in [0.717, 1.165) is 24.2 Å². The number of carbonyl (C=O) groups excluding carboxylic acids is 1. The van der Waals surface area contributed by atoms with Crippen LogP contribution in [0.3, 0.4) is 0 Å². The summed E-state index contributed by atoms with van der Waals surface area (Å²) in [7, 11) is 0. The number of fused-ring (bicyclic) bond motifs is 4. The summed E-state index contributed by atoms with van der Waals surface area (Å²) >= 11 is 0. The Morgan fingerprint density at radius 1 is 1.00 bits per heavy atom. The molecule has 28 heavy (non-hydrogen) atoms. The highest BCUT2D eigenvalue weighted by molar-refractivity contribution is 5.87. The Balaban J connectivity index is 0.000000162. The molecule has 0 heterocycles. The van der Waals surface area contributed by atoms with E-state index in [0.29, 0.717) is 17.6 Å². The van der Waals surface area contributed by atoms with E-state index in [4.69, 9.17) is 14.2 Å². The molecule has 5 nitrogen and oxygen atoms in total. The van der Waals surface area contributed by atoms with Crippen LogP contribution in [-0.4, -0.2) is 35.4 Å². The summed E-state index contributed by atoms with van der Waals surface area (Å²) in [5.41, 5.74) is 0.516. The second-order valence-corrected chi connectivity index (χ2v) is 9.88. The summed E-state index contributed by atoms with van der Waals surface area (Å²) in [6, 6.07) is 0. The number of rotatable bonds is 6. The van der Waals surface area contributed by atoms with Gasteiger partial charge < -0.3 is 19.3 Å². The molecule has 4 aliphatic carbocycles. The summed E-state index contributed by atoms with van der Waals surface area (Å²) in [6.07, 6.45) is 10.4. The summed E-state index contributed by atoms with van der Waals surface area (Å²) < 4.78 is 16.5. The largest absolute Gasteiger partial charge is 0.459 e. The molecule has 1 N–H and O–H groups in total. The van der Waals surface area contributed by atoms with Gasteiger partial charge in [0.2, 0.25) is 0 Å². The molecule has 160 valence electrons. The molecule has 7 atom stereocenters. The van der Waals surface area contributed by atoms with Gasteiger partial charge in [0.15, 0.2) is 12.1 Å². The SMILES string of the molecule is C=C(C)C(=O)OC1CC2CCC1C2.CC(OC1CC2CCC1C2)OC(C)(C)O. The number of ether oxygens (including phenoxy) is 3. The number of hydrogen-bond acceptors (Lipinski definition) is 5. The van der Waals surface area contributed by atoms with Crippen molar-refractivity contribution < 1.29 is 24.1 Å². The van der Waals surface area contributed by atoms with Gasteiger partial charge in [-0.05, 0) is 103 Å². The minimum Gasteiger partial charge on any atom is -0.459 e. The zero-order chi connectivity index (χ0) is 20.5. The van der Waals surface area contributed by atoms with Crippen LogP contribution in [0.2, 0.25) is 0 Å². The molecule has 4 bridgehead atoms. The van der Waals surface area contributed by atoms with Crippen molar-refractivity contribution in [1.29, 1.82) is 0 Å². The van der Waals surface area contributed by atoms with Crippen molar-refractivity contribution in [3.63, 3.8) is 0 Å². The predicted molar refractivity (Wildman–Crippen MR) is 107 cm³/mol. The highest BCUT2D eigenvalue weighted by Gasteiger charge is 2.42. The number of carbonyl (C=O) groups is 1. The molecule has 0 amide bonds. The summed E-state index contributed by atoms with van der Waals surface area (Å²) in [4.78, 5) is 11.3. The summed E-state index contributed by atoms with van der Waals surface area (Å²) in [5, 5.41) is 9.49. The first-order chi connectivity index (χ1) is 13.1. The van der Waals surface area contributed by atoms with E-state index in [9.17, 15) is 9.90 Å². The van der Waals surface area contributed by atoms with Crippen molar-refractivity contribution in [1.82, 2.24) is 0 Å². The normalized spacial score (nSPS) is 36.8. The van der Waals surface area contributed by atoms with Crippen LogP contribution >= 0.6 is 0 Å². The van der Waals surface area contributed by atoms with E-state index in [-0.39, 0.29) is 18.4 Å². The zero-order valence-corrected chi connectivity index (χ0v) is 18.0. The topological polar surface area (TPSA) is 65.0 Å².